The molecule has 100 valence electrons. The Balaban J connectivity index is 2.09. The fourth-order valence-electron chi connectivity index (χ4n) is 2.67. The molecule has 0 unspecified atom stereocenters. The van der Waals surface area contributed by atoms with E-state index in [2.05, 4.69) is 18.2 Å². The van der Waals surface area contributed by atoms with E-state index in [1.165, 1.54) is 5.39 Å². The van der Waals surface area contributed by atoms with Crippen LogP contribution in [-0.2, 0) is 0 Å². The third-order valence-electron chi connectivity index (χ3n) is 3.68. The highest BCUT2D eigenvalue weighted by Gasteiger charge is 2.07. The molecule has 3 aromatic carbocycles. The Kier molecular flexibility index (Phi) is 2.83. The maximum atomic E-state index is 6.07. The van der Waals surface area contributed by atoms with Crippen molar-refractivity contribution in [1.29, 1.82) is 0 Å². The standard InChI is InChI=1S/C19H12OS/c21-18-12-17(14-7-2-1-3-8-14)20-16-11-10-13-6-4-5-9-15(13)19(16)18/h1-12H. The van der Waals surface area contributed by atoms with Gasteiger partial charge in [-0.1, -0.05) is 72.9 Å². The summed E-state index contributed by atoms with van der Waals surface area (Å²) in [5, 5.41) is 3.34. The Labute approximate surface area is 127 Å². The van der Waals surface area contributed by atoms with Gasteiger partial charge < -0.3 is 4.42 Å². The molecule has 4 rings (SSSR count). The summed E-state index contributed by atoms with van der Waals surface area (Å²) >= 11 is 5.61. The van der Waals surface area contributed by atoms with Crippen molar-refractivity contribution in [2.24, 2.45) is 0 Å². The monoisotopic (exact) mass is 288 g/mol. The molecule has 0 aliphatic heterocycles. The van der Waals surface area contributed by atoms with Crippen molar-refractivity contribution < 1.29 is 4.42 Å². The van der Waals surface area contributed by atoms with Crippen LogP contribution in [0.5, 0.6) is 0 Å². The lowest BCUT2D eigenvalue weighted by molar-refractivity contribution is 0.620. The van der Waals surface area contributed by atoms with Gasteiger partial charge in [0.05, 0.1) is 4.51 Å². The van der Waals surface area contributed by atoms with E-state index in [4.69, 9.17) is 16.6 Å². The Morgan fingerprint density at radius 2 is 1.52 bits per heavy atom. The van der Waals surface area contributed by atoms with Crippen LogP contribution in [0.2, 0.25) is 0 Å². The van der Waals surface area contributed by atoms with Crippen molar-refractivity contribution in [3.05, 3.63) is 77.3 Å². The zero-order valence-corrected chi connectivity index (χ0v) is 12.1. The average Bonchev–Trinajstić information content (AvgIpc) is 2.55. The minimum atomic E-state index is 0.809. The molecule has 0 aliphatic carbocycles. The smallest absolute Gasteiger partial charge is 0.136 e. The normalized spacial score (nSPS) is 11.0. The molecule has 2 heteroatoms. The molecule has 0 amide bonds. The molecule has 21 heavy (non-hydrogen) atoms. The summed E-state index contributed by atoms with van der Waals surface area (Å²) in [5.41, 5.74) is 1.87. The highest BCUT2D eigenvalue weighted by molar-refractivity contribution is 7.71. The van der Waals surface area contributed by atoms with Gasteiger partial charge in [0.25, 0.3) is 0 Å². The van der Waals surface area contributed by atoms with E-state index in [9.17, 15) is 0 Å². The molecular weight excluding hydrogens is 276 g/mol. The second kappa shape index (κ2) is 4.83. The number of benzene rings is 3. The molecule has 0 fully saturated rings. The third-order valence-corrected chi connectivity index (χ3v) is 4.00. The molecule has 4 aromatic rings. The lowest BCUT2D eigenvalue weighted by Crippen LogP contribution is -1.82. The van der Waals surface area contributed by atoms with Crippen molar-refractivity contribution in [3.8, 4) is 11.3 Å². The third kappa shape index (κ3) is 2.05. The minimum absolute atomic E-state index is 0.809. The van der Waals surface area contributed by atoms with Crippen LogP contribution in [0.15, 0.2) is 77.2 Å². The highest BCUT2D eigenvalue weighted by atomic mass is 32.1. The van der Waals surface area contributed by atoms with E-state index < -0.39 is 0 Å². The summed E-state index contributed by atoms with van der Waals surface area (Å²) in [4.78, 5) is 0. The zero-order chi connectivity index (χ0) is 14.2. The fourth-order valence-corrected chi connectivity index (χ4v) is 2.99. The van der Waals surface area contributed by atoms with Crippen molar-refractivity contribution >= 4 is 34.0 Å². The quantitative estimate of drug-likeness (QED) is 0.315. The average molecular weight is 288 g/mol. The largest absolute Gasteiger partial charge is 0.456 e. The lowest BCUT2D eigenvalue weighted by Gasteiger charge is -2.06. The summed E-state index contributed by atoms with van der Waals surface area (Å²) < 4.78 is 6.90. The van der Waals surface area contributed by atoms with Gasteiger partial charge in [-0.3, -0.25) is 0 Å². The van der Waals surface area contributed by atoms with Gasteiger partial charge in [0, 0.05) is 17.0 Å². The second-order valence-corrected chi connectivity index (χ2v) is 5.44. The van der Waals surface area contributed by atoms with Crippen molar-refractivity contribution in [2.75, 3.05) is 0 Å². The van der Waals surface area contributed by atoms with E-state index in [0.717, 1.165) is 32.2 Å². The fraction of sp³-hybridized carbons (Fsp3) is 0. The number of hydrogen-bond acceptors (Lipinski definition) is 2. The molecule has 0 saturated carbocycles. The van der Waals surface area contributed by atoms with Crippen LogP contribution in [-0.4, -0.2) is 0 Å². The maximum Gasteiger partial charge on any atom is 0.136 e. The first-order valence-corrected chi connectivity index (χ1v) is 7.25. The van der Waals surface area contributed by atoms with Gasteiger partial charge >= 0.3 is 0 Å². The SMILES string of the molecule is S=c1cc(-c2ccccc2)oc2ccc3ccccc3c12. The topological polar surface area (TPSA) is 13.1 Å². The summed E-state index contributed by atoms with van der Waals surface area (Å²) in [7, 11) is 0. The van der Waals surface area contributed by atoms with Crippen LogP contribution < -0.4 is 0 Å². The summed E-state index contributed by atoms with van der Waals surface area (Å²) in [6.45, 7) is 0. The first-order chi connectivity index (χ1) is 10.3. The zero-order valence-electron chi connectivity index (χ0n) is 11.2. The summed E-state index contributed by atoms with van der Waals surface area (Å²) in [6, 6.07) is 24.3. The van der Waals surface area contributed by atoms with E-state index in [-0.39, 0.29) is 0 Å². The molecule has 0 atom stereocenters. The van der Waals surface area contributed by atoms with Crippen LogP contribution in [0, 0.1) is 4.51 Å². The lowest BCUT2D eigenvalue weighted by atomic mass is 10.0. The number of rotatable bonds is 1. The van der Waals surface area contributed by atoms with Gasteiger partial charge in [0.15, 0.2) is 0 Å². The Morgan fingerprint density at radius 3 is 2.38 bits per heavy atom. The van der Waals surface area contributed by atoms with Crippen molar-refractivity contribution in [3.63, 3.8) is 0 Å². The van der Waals surface area contributed by atoms with Gasteiger partial charge in [0.2, 0.25) is 0 Å². The Bertz CT molecular complexity index is 1000. The van der Waals surface area contributed by atoms with Crippen LogP contribution in [0.3, 0.4) is 0 Å². The van der Waals surface area contributed by atoms with Gasteiger partial charge in [-0.15, -0.1) is 0 Å². The Morgan fingerprint density at radius 1 is 0.762 bits per heavy atom. The van der Waals surface area contributed by atoms with Gasteiger partial charge in [-0.05, 0) is 16.8 Å². The van der Waals surface area contributed by atoms with Gasteiger partial charge in [-0.2, -0.15) is 0 Å². The second-order valence-electron chi connectivity index (χ2n) is 5.00. The molecule has 1 heterocycles. The highest BCUT2D eigenvalue weighted by Crippen LogP contribution is 2.30. The van der Waals surface area contributed by atoms with Crippen LogP contribution >= 0.6 is 12.2 Å². The molecule has 0 radical (unpaired) electrons. The van der Waals surface area contributed by atoms with Gasteiger partial charge in [0.1, 0.15) is 11.3 Å². The molecule has 0 spiro atoms. The van der Waals surface area contributed by atoms with Gasteiger partial charge in [-0.25, -0.2) is 0 Å². The van der Waals surface area contributed by atoms with E-state index >= 15 is 0 Å². The molecule has 1 nitrogen and oxygen atoms in total. The Hall–Kier alpha value is -2.45. The van der Waals surface area contributed by atoms with E-state index in [1.807, 2.05) is 54.6 Å². The van der Waals surface area contributed by atoms with Crippen LogP contribution in [0.1, 0.15) is 0 Å². The molecule has 0 N–H and O–H groups in total. The molecule has 0 saturated heterocycles. The molecule has 0 bridgehead atoms. The van der Waals surface area contributed by atoms with Crippen molar-refractivity contribution in [2.45, 2.75) is 0 Å². The van der Waals surface area contributed by atoms with E-state index in [1.54, 1.807) is 0 Å². The summed E-state index contributed by atoms with van der Waals surface area (Å²) in [6.07, 6.45) is 0. The van der Waals surface area contributed by atoms with Crippen molar-refractivity contribution in [1.82, 2.24) is 0 Å². The molecule has 0 aliphatic rings. The van der Waals surface area contributed by atoms with Crippen LogP contribution in [0.25, 0.3) is 33.1 Å². The number of fused-ring (bicyclic) bond motifs is 3. The first-order valence-electron chi connectivity index (χ1n) is 6.84. The maximum absolute atomic E-state index is 6.07. The minimum Gasteiger partial charge on any atom is -0.456 e. The molecule has 1 aromatic heterocycles. The van der Waals surface area contributed by atoms with Crippen LogP contribution in [0.4, 0.5) is 0 Å². The predicted molar refractivity (Wildman–Crippen MR) is 90.0 cm³/mol. The number of hydrogen-bond donors (Lipinski definition) is 0. The predicted octanol–water partition coefficient (Wildman–Crippen LogP) is 5.98. The van der Waals surface area contributed by atoms with E-state index in [0.29, 0.717) is 0 Å². The molecular formula is C19H12OS. The summed E-state index contributed by atoms with van der Waals surface area (Å²) in [5.74, 6) is 0.809. The first kappa shape index (κ1) is 12.3.